The number of nitrogens with one attached hydrogen (secondary N) is 1. The predicted octanol–water partition coefficient (Wildman–Crippen LogP) is 3.79. The number of ether oxygens (including phenoxy) is 1. The van der Waals surface area contributed by atoms with Gasteiger partial charge in [0.1, 0.15) is 11.6 Å². The zero-order chi connectivity index (χ0) is 17.0. The summed E-state index contributed by atoms with van der Waals surface area (Å²) in [5.74, 6) is 0.832. The molecule has 0 aliphatic heterocycles. The quantitative estimate of drug-likeness (QED) is 0.880. The van der Waals surface area contributed by atoms with Crippen LogP contribution in [0, 0.1) is 0 Å². The van der Waals surface area contributed by atoms with Gasteiger partial charge >= 0.3 is 0 Å². The maximum atomic E-state index is 12.1. The lowest BCUT2D eigenvalue weighted by atomic mass is 9.87. The van der Waals surface area contributed by atoms with E-state index < -0.39 is 6.10 Å². The van der Waals surface area contributed by atoms with Crippen molar-refractivity contribution in [3.05, 3.63) is 48.2 Å². The molecule has 0 saturated carbocycles. The topological polar surface area (TPSA) is 77.2 Å². The maximum absolute atomic E-state index is 12.1. The van der Waals surface area contributed by atoms with Gasteiger partial charge in [-0.3, -0.25) is 4.79 Å². The highest BCUT2D eigenvalue weighted by Crippen LogP contribution is 2.24. The molecule has 0 spiro atoms. The molecule has 1 aromatic carbocycles. The fourth-order valence-corrected chi connectivity index (χ4v) is 2.01. The third kappa shape index (κ3) is 5.42. The van der Waals surface area contributed by atoms with Crippen LogP contribution in [0.5, 0.6) is 5.75 Å². The van der Waals surface area contributed by atoms with Gasteiger partial charge < -0.3 is 15.8 Å². The fraction of sp³-hybridized carbons (Fsp3) is 0.333. The molecular weight excluding hydrogens is 326 g/mol. The molecule has 1 atom stereocenters. The average molecular weight is 350 g/mol. The van der Waals surface area contributed by atoms with Crippen LogP contribution in [0.1, 0.15) is 33.3 Å². The highest BCUT2D eigenvalue weighted by atomic mass is 35.5. The Hall–Kier alpha value is -2.27. The van der Waals surface area contributed by atoms with Gasteiger partial charge in [0.05, 0.1) is 11.9 Å². The van der Waals surface area contributed by atoms with Crippen molar-refractivity contribution in [1.82, 2.24) is 4.98 Å². The van der Waals surface area contributed by atoms with E-state index in [9.17, 15) is 4.79 Å². The van der Waals surface area contributed by atoms with E-state index in [1.165, 1.54) is 11.8 Å². The smallest absolute Gasteiger partial charge is 0.265 e. The molecule has 0 fully saturated rings. The van der Waals surface area contributed by atoms with Crippen LogP contribution in [0.15, 0.2) is 42.6 Å². The Bertz CT molecular complexity index is 664. The number of halogens is 1. The predicted molar refractivity (Wildman–Crippen MR) is 99.8 cm³/mol. The SMILES string of the molecule is CC(Oc1ccc(C(C)(C)C)cc1)C(=O)Nc1ccc(N)nc1.Cl. The second kappa shape index (κ2) is 8.02. The lowest BCUT2D eigenvalue weighted by molar-refractivity contribution is -0.122. The molecule has 24 heavy (non-hydrogen) atoms. The van der Waals surface area contributed by atoms with Gasteiger partial charge in [0.15, 0.2) is 6.10 Å². The summed E-state index contributed by atoms with van der Waals surface area (Å²) < 4.78 is 5.68. The van der Waals surface area contributed by atoms with Gasteiger partial charge in [-0.2, -0.15) is 0 Å². The minimum absolute atomic E-state index is 0. The average Bonchev–Trinajstić information content (AvgIpc) is 2.49. The number of pyridine rings is 1. The van der Waals surface area contributed by atoms with Gasteiger partial charge in [0.25, 0.3) is 5.91 Å². The van der Waals surface area contributed by atoms with Crippen molar-refractivity contribution in [1.29, 1.82) is 0 Å². The maximum Gasteiger partial charge on any atom is 0.265 e. The zero-order valence-electron chi connectivity index (χ0n) is 14.4. The first-order valence-corrected chi connectivity index (χ1v) is 7.55. The van der Waals surface area contributed by atoms with E-state index in [1.807, 2.05) is 24.3 Å². The van der Waals surface area contributed by atoms with Gasteiger partial charge in [-0.15, -0.1) is 12.4 Å². The van der Waals surface area contributed by atoms with E-state index in [2.05, 4.69) is 31.1 Å². The Morgan fingerprint density at radius 1 is 1.17 bits per heavy atom. The number of nitrogen functional groups attached to an aromatic ring is 1. The molecule has 1 amide bonds. The summed E-state index contributed by atoms with van der Waals surface area (Å²) in [5.41, 5.74) is 7.40. The summed E-state index contributed by atoms with van der Waals surface area (Å²) in [6.45, 7) is 8.16. The first-order chi connectivity index (χ1) is 10.8. The van der Waals surface area contributed by atoms with Crippen molar-refractivity contribution in [3.63, 3.8) is 0 Å². The van der Waals surface area contributed by atoms with E-state index in [1.54, 1.807) is 19.1 Å². The molecular formula is C18H24ClN3O2. The molecule has 3 N–H and O–H groups in total. The minimum Gasteiger partial charge on any atom is -0.481 e. The van der Waals surface area contributed by atoms with Crippen LogP contribution in [0.25, 0.3) is 0 Å². The Morgan fingerprint density at radius 3 is 2.29 bits per heavy atom. The van der Waals surface area contributed by atoms with Gasteiger partial charge in [-0.05, 0) is 42.2 Å². The third-order valence-electron chi connectivity index (χ3n) is 3.46. The molecule has 1 unspecified atom stereocenters. The second-order valence-corrected chi connectivity index (χ2v) is 6.50. The lowest BCUT2D eigenvalue weighted by Crippen LogP contribution is -2.30. The number of hydrogen-bond donors (Lipinski definition) is 2. The Balaban J connectivity index is 0.00000288. The summed E-state index contributed by atoms with van der Waals surface area (Å²) in [4.78, 5) is 16.1. The number of aromatic nitrogens is 1. The standard InChI is InChI=1S/C18H23N3O2.ClH/c1-12(17(22)21-14-7-10-16(19)20-11-14)23-15-8-5-13(6-9-15)18(2,3)4;/h5-12H,1-4H3,(H2,19,20)(H,21,22);1H. The van der Waals surface area contributed by atoms with Crippen molar-refractivity contribution >= 4 is 29.8 Å². The molecule has 1 heterocycles. The monoisotopic (exact) mass is 349 g/mol. The van der Waals surface area contributed by atoms with E-state index in [0.717, 1.165) is 0 Å². The lowest BCUT2D eigenvalue weighted by Gasteiger charge is -2.20. The van der Waals surface area contributed by atoms with Crippen LogP contribution in [0.3, 0.4) is 0 Å². The van der Waals surface area contributed by atoms with E-state index >= 15 is 0 Å². The Morgan fingerprint density at radius 2 is 1.79 bits per heavy atom. The van der Waals surface area contributed by atoms with Gasteiger partial charge in [0.2, 0.25) is 0 Å². The number of carbonyl (C=O) groups is 1. The molecule has 0 saturated heterocycles. The number of nitrogens with zero attached hydrogens (tertiary/aromatic N) is 1. The van der Waals surface area contributed by atoms with E-state index in [0.29, 0.717) is 17.3 Å². The van der Waals surface area contributed by atoms with Crippen LogP contribution >= 0.6 is 12.4 Å². The summed E-state index contributed by atoms with van der Waals surface area (Å²) in [6, 6.07) is 11.1. The summed E-state index contributed by atoms with van der Waals surface area (Å²) in [5, 5.41) is 2.74. The Kier molecular flexibility index (Phi) is 6.60. The van der Waals surface area contributed by atoms with Crippen molar-refractivity contribution in [2.75, 3.05) is 11.1 Å². The number of carbonyl (C=O) groups excluding carboxylic acids is 1. The first-order valence-electron chi connectivity index (χ1n) is 7.55. The summed E-state index contributed by atoms with van der Waals surface area (Å²) in [7, 11) is 0. The number of hydrogen-bond acceptors (Lipinski definition) is 4. The van der Waals surface area contributed by atoms with Crippen LogP contribution in [0.2, 0.25) is 0 Å². The van der Waals surface area contributed by atoms with Crippen molar-refractivity contribution < 1.29 is 9.53 Å². The summed E-state index contributed by atoms with van der Waals surface area (Å²) in [6.07, 6.45) is 0.894. The van der Waals surface area contributed by atoms with Crippen molar-refractivity contribution in [2.24, 2.45) is 0 Å². The molecule has 0 aliphatic carbocycles. The molecule has 130 valence electrons. The van der Waals surface area contributed by atoms with Crippen LogP contribution in [0.4, 0.5) is 11.5 Å². The minimum atomic E-state index is -0.618. The largest absolute Gasteiger partial charge is 0.481 e. The highest BCUT2D eigenvalue weighted by Gasteiger charge is 2.16. The molecule has 1 aromatic heterocycles. The zero-order valence-corrected chi connectivity index (χ0v) is 15.2. The highest BCUT2D eigenvalue weighted by molar-refractivity contribution is 5.94. The van der Waals surface area contributed by atoms with Crippen LogP contribution in [-0.4, -0.2) is 17.0 Å². The number of benzene rings is 1. The molecule has 5 nitrogen and oxygen atoms in total. The first kappa shape index (κ1) is 19.8. The number of rotatable bonds is 4. The van der Waals surface area contributed by atoms with Gasteiger partial charge in [0, 0.05) is 0 Å². The Labute approximate surface area is 149 Å². The normalized spacial score (nSPS) is 12.0. The van der Waals surface area contributed by atoms with E-state index in [-0.39, 0.29) is 23.7 Å². The van der Waals surface area contributed by atoms with Crippen molar-refractivity contribution in [2.45, 2.75) is 39.2 Å². The van der Waals surface area contributed by atoms with Crippen LogP contribution in [-0.2, 0) is 10.2 Å². The van der Waals surface area contributed by atoms with E-state index in [4.69, 9.17) is 10.5 Å². The number of nitrogens with two attached hydrogens (primary N) is 1. The molecule has 6 heteroatoms. The fourth-order valence-electron chi connectivity index (χ4n) is 2.01. The number of amides is 1. The summed E-state index contributed by atoms with van der Waals surface area (Å²) >= 11 is 0. The third-order valence-corrected chi connectivity index (χ3v) is 3.46. The molecule has 0 bridgehead atoms. The molecule has 0 radical (unpaired) electrons. The second-order valence-electron chi connectivity index (χ2n) is 6.50. The number of anilines is 2. The van der Waals surface area contributed by atoms with Crippen LogP contribution < -0.4 is 15.8 Å². The van der Waals surface area contributed by atoms with Gasteiger partial charge in [-0.1, -0.05) is 32.9 Å². The van der Waals surface area contributed by atoms with Gasteiger partial charge in [-0.25, -0.2) is 4.98 Å². The van der Waals surface area contributed by atoms with Crippen molar-refractivity contribution in [3.8, 4) is 5.75 Å². The molecule has 2 rings (SSSR count). The molecule has 2 aromatic rings. The molecule has 0 aliphatic rings.